The summed E-state index contributed by atoms with van der Waals surface area (Å²) in [6.45, 7) is 1.58. The molecule has 0 bridgehead atoms. The molecule has 2 rings (SSSR count). The number of methoxy groups -OCH3 is 2. The predicted octanol–water partition coefficient (Wildman–Crippen LogP) is 1.34. The van der Waals surface area contributed by atoms with E-state index in [-0.39, 0.29) is 33.3 Å². The van der Waals surface area contributed by atoms with E-state index in [1.165, 1.54) is 24.6 Å². The molecule has 1 aliphatic heterocycles. The molecule has 0 aliphatic carbocycles. The summed E-state index contributed by atoms with van der Waals surface area (Å²) in [6, 6.07) is 1.35. The maximum atomic E-state index is 12.8. The number of nitrogens with one attached hydrogen (secondary N) is 1. The fourth-order valence-electron chi connectivity index (χ4n) is 2.38. The largest absolute Gasteiger partial charge is 0.494 e. The normalized spacial score (nSPS) is 16.0. The van der Waals surface area contributed by atoms with Crippen LogP contribution in [-0.2, 0) is 14.8 Å². The molecule has 0 atom stereocenters. The van der Waals surface area contributed by atoms with Crippen molar-refractivity contribution < 1.29 is 22.7 Å². The maximum absolute atomic E-state index is 12.8. The molecule has 0 radical (unpaired) electrons. The van der Waals surface area contributed by atoms with Crippen molar-refractivity contribution in [3.8, 4) is 5.75 Å². The van der Waals surface area contributed by atoms with Crippen LogP contribution in [0.1, 0.15) is 22.5 Å². The summed E-state index contributed by atoms with van der Waals surface area (Å²) in [5.41, 5.74) is 0. The van der Waals surface area contributed by atoms with Gasteiger partial charge >= 0.3 is 5.97 Å². The van der Waals surface area contributed by atoms with Crippen LogP contribution in [0.5, 0.6) is 5.75 Å². The quantitative estimate of drug-likeness (QED) is 0.771. The number of hydrogen-bond acceptors (Lipinski definition) is 7. The topological polar surface area (TPSA) is 84.9 Å². The second-order valence-corrected chi connectivity index (χ2v) is 8.21. The third-order valence-electron chi connectivity index (χ3n) is 3.71. The van der Waals surface area contributed by atoms with Crippen molar-refractivity contribution in [3.05, 3.63) is 10.9 Å². The molecule has 10 heteroatoms. The fraction of sp³-hybridized carbons (Fsp3) is 0.615. The van der Waals surface area contributed by atoms with Gasteiger partial charge in [0.2, 0.25) is 0 Å². The van der Waals surface area contributed by atoms with Crippen LogP contribution in [0.25, 0.3) is 0 Å². The standard InChI is InChI=1S/C13H20N2O5S2.ClH/c1-15(9-4-6-14-7-5-9)22(17,18)13-10(19-2)8-11(21-13)12(16)20-3;/h8-9,14H,4-7H2,1-3H3;1H. The smallest absolute Gasteiger partial charge is 0.348 e. The van der Waals surface area contributed by atoms with Crippen LogP contribution in [0.2, 0.25) is 0 Å². The summed E-state index contributed by atoms with van der Waals surface area (Å²) in [4.78, 5) is 11.8. The van der Waals surface area contributed by atoms with Crippen molar-refractivity contribution in [1.82, 2.24) is 9.62 Å². The number of esters is 1. The summed E-state index contributed by atoms with van der Waals surface area (Å²) in [5.74, 6) is -0.402. The van der Waals surface area contributed by atoms with Gasteiger partial charge in [-0.05, 0) is 25.9 Å². The molecular formula is C13H21ClN2O5S2. The van der Waals surface area contributed by atoms with Crippen LogP contribution >= 0.6 is 23.7 Å². The number of thiophene rings is 1. The van der Waals surface area contributed by atoms with E-state index >= 15 is 0 Å². The molecular weight excluding hydrogens is 364 g/mol. The second kappa shape index (κ2) is 8.29. The zero-order valence-electron chi connectivity index (χ0n) is 13.2. The molecule has 0 aromatic carbocycles. The zero-order chi connectivity index (χ0) is 16.3. The van der Waals surface area contributed by atoms with Crippen LogP contribution in [0.4, 0.5) is 0 Å². The Morgan fingerprint density at radius 2 is 1.96 bits per heavy atom. The first-order valence-corrected chi connectivity index (χ1v) is 9.12. The monoisotopic (exact) mass is 384 g/mol. The number of piperidine rings is 1. The van der Waals surface area contributed by atoms with E-state index in [0.717, 1.165) is 37.3 Å². The Bertz CT molecular complexity index is 641. The van der Waals surface area contributed by atoms with Crippen molar-refractivity contribution in [1.29, 1.82) is 0 Å². The Morgan fingerprint density at radius 3 is 2.48 bits per heavy atom. The number of rotatable bonds is 5. The van der Waals surface area contributed by atoms with Gasteiger partial charge in [-0.15, -0.1) is 23.7 Å². The van der Waals surface area contributed by atoms with Crippen LogP contribution in [0.3, 0.4) is 0 Å². The summed E-state index contributed by atoms with van der Waals surface area (Å²) >= 11 is 0.871. The number of nitrogens with zero attached hydrogens (tertiary/aromatic N) is 1. The zero-order valence-corrected chi connectivity index (χ0v) is 15.6. The lowest BCUT2D eigenvalue weighted by molar-refractivity contribution is 0.0606. The first-order chi connectivity index (χ1) is 10.4. The van der Waals surface area contributed by atoms with E-state index in [0.29, 0.717) is 0 Å². The van der Waals surface area contributed by atoms with Crippen molar-refractivity contribution in [2.24, 2.45) is 0 Å². The SMILES string of the molecule is COC(=O)c1cc(OC)c(S(=O)(=O)N(C)C2CCNCC2)s1.Cl. The van der Waals surface area contributed by atoms with Gasteiger partial charge in [0, 0.05) is 19.2 Å². The molecule has 1 fully saturated rings. The van der Waals surface area contributed by atoms with E-state index in [2.05, 4.69) is 10.1 Å². The number of halogens is 1. The van der Waals surface area contributed by atoms with E-state index in [4.69, 9.17) is 4.74 Å². The van der Waals surface area contributed by atoms with E-state index in [1.54, 1.807) is 7.05 Å². The molecule has 1 aromatic rings. The van der Waals surface area contributed by atoms with Crippen molar-refractivity contribution in [3.63, 3.8) is 0 Å². The van der Waals surface area contributed by atoms with Gasteiger partial charge in [-0.25, -0.2) is 13.2 Å². The predicted molar refractivity (Wildman–Crippen MR) is 90.3 cm³/mol. The minimum atomic E-state index is -3.71. The highest BCUT2D eigenvalue weighted by Crippen LogP contribution is 2.36. The highest BCUT2D eigenvalue weighted by atomic mass is 35.5. The molecule has 2 heterocycles. The van der Waals surface area contributed by atoms with Gasteiger partial charge in [0.1, 0.15) is 4.88 Å². The average molecular weight is 385 g/mol. The van der Waals surface area contributed by atoms with Gasteiger partial charge in [-0.2, -0.15) is 4.31 Å². The second-order valence-electron chi connectivity index (χ2n) is 4.96. The Balaban J connectivity index is 0.00000264. The molecule has 0 saturated carbocycles. The van der Waals surface area contributed by atoms with E-state index in [1.807, 2.05) is 0 Å². The molecule has 1 aliphatic rings. The van der Waals surface area contributed by atoms with Crippen molar-refractivity contribution in [2.75, 3.05) is 34.4 Å². The van der Waals surface area contributed by atoms with Crippen LogP contribution in [0, 0.1) is 0 Å². The third kappa shape index (κ3) is 4.16. The first kappa shape index (κ1) is 20.2. The van der Waals surface area contributed by atoms with Gasteiger partial charge in [-0.3, -0.25) is 0 Å². The molecule has 1 saturated heterocycles. The molecule has 7 nitrogen and oxygen atoms in total. The molecule has 0 unspecified atom stereocenters. The minimum Gasteiger partial charge on any atom is -0.494 e. The van der Waals surface area contributed by atoms with Crippen LogP contribution in [-0.4, -0.2) is 59.1 Å². The summed E-state index contributed by atoms with van der Waals surface area (Å²) in [6.07, 6.45) is 1.51. The van der Waals surface area contributed by atoms with Crippen molar-refractivity contribution in [2.45, 2.75) is 23.1 Å². The molecule has 132 valence electrons. The van der Waals surface area contributed by atoms with E-state index in [9.17, 15) is 13.2 Å². The number of ether oxygens (including phenoxy) is 2. The fourth-order valence-corrected chi connectivity index (χ4v) is 5.46. The number of carbonyl (C=O) groups excluding carboxylic acids is 1. The highest BCUT2D eigenvalue weighted by molar-refractivity contribution is 7.91. The molecule has 23 heavy (non-hydrogen) atoms. The Kier molecular flexibility index (Phi) is 7.28. The molecule has 1 N–H and O–H groups in total. The summed E-state index contributed by atoms with van der Waals surface area (Å²) < 4.78 is 36.8. The lowest BCUT2D eigenvalue weighted by Gasteiger charge is -2.30. The lowest BCUT2D eigenvalue weighted by Crippen LogP contribution is -2.43. The Hall–Kier alpha value is -0.870. The lowest BCUT2D eigenvalue weighted by atomic mass is 10.1. The van der Waals surface area contributed by atoms with E-state index < -0.39 is 16.0 Å². The number of sulfonamides is 1. The Morgan fingerprint density at radius 1 is 1.35 bits per heavy atom. The summed E-state index contributed by atoms with van der Waals surface area (Å²) in [5, 5.41) is 3.21. The molecule has 0 amide bonds. The average Bonchev–Trinajstić information content (AvgIpc) is 2.99. The number of hydrogen-bond donors (Lipinski definition) is 1. The highest BCUT2D eigenvalue weighted by Gasteiger charge is 2.34. The van der Waals surface area contributed by atoms with Gasteiger partial charge in [0.05, 0.1) is 14.2 Å². The summed E-state index contributed by atoms with van der Waals surface area (Å²) in [7, 11) is 0.496. The van der Waals surface area contributed by atoms with Crippen molar-refractivity contribution >= 4 is 39.7 Å². The van der Waals surface area contributed by atoms with Gasteiger partial charge in [-0.1, -0.05) is 0 Å². The van der Waals surface area contributed by atoms with Gasteiger partial charge in [0.15, 0.2) is 9.96 Å². The third-order valence-corrected chi connectivity index (χ3v) is 7.21. The van der Waals surface area contributed by atoms with Gasteiger partial charge < -0.3 is 14.8 Å². The van der Waals surface area contributed by atoms with Gasteiger partial charge in [0.25, 0.3) is 10.0 Å². The van der Waals surface area contributed by atoms with Crippen LogP contribution < -0.4 is 10.1 Å². The maximum Gasteiger partial charge on any atom is 0.348 e. The Labute approximate surface area is 146 Å². The first-order valence-electron chi connectivity index (χ1n) is 6.86. The molecule has 1 aromatic heterocycles. The number of carbonyl (C=O) groups is 1. The molecule has 0 spiro atoms. The van der Waals surface area contributed by atoms with Crippen LogP contribution in [0.15, 0.2) is 10.3 Å². The minimum absolute atomic E-state index is 0.